The molecule has 19 heavy (non-hydrogen) atoms. The number of carbonyl (C=O) groups is 1. The summed E-state index contributed by atoms with van der Waals surface area (Å²) in [5, 5.41) is 26.8. The number of amides is 1. The van der Waals surface area contributed by atoms with Crippen molar-refractivity contribution in [1.29, 1.82) is 0 Å². The van der Waals surface area contributed by atoms with Crippen molar-refractivity contribution in [2.45, 2.75) is 24.0 Å². The van der Waals surface area contributed by atoms with Crippen LogP contribution in [-0.2, 0) is 14.8 Å². The maximum atomic E-state index is 11.2. The summed E-state index contributed by atoms with van der Waals surface area (Å²) in [6, 6.07) is 5.32. The minimum atomic E-state index is -3.87. The largest absolute Gasteiger partial charge is 0.388 e. The second-order valence-corrected chi connectivity index (χ2v) is 5.63. The predicted octanol–water partition coefficient (Wildman–Crippen LogP) is -1.14. The second-order valence-electron chi connectivity index (χ2n) is 4.07. The number of aliphatic hydroxyl groups excluding tert-OH is 2. The number of nitrogens with one attached hydrogen (secondary N) is 1. The molecule has 8 heteroatoms. The van der Waals surface area contributed by atoms with Gasteiger partial charge in [0.1, 0.15) is 12.2 Å². The van der Waals surface area contributed by atoms with Crippen molar-refractivity contribution in [1.82, 2.24) is 5.32 Å². The molecule has 0 aliphatic heterocycles. The summed E-state index contributed by atoms with van der Waals surface area (Å²) in [7, 11) is -3.87. The van der Waals surface area contributed by atoms with Crippen molar-refractivity contribution in [3.63, 3.8) is 0 Å². The molecule has 2 unspecified atom stereocenters. The van der Waals surface area contributed by atoms with Gasteiger partial charge in [-0.2, -0.15) is 0 Å². The third kappa shape index (κ3) is 4.60. The average molecular weight is 288 g/mol. The second kappa shape index (κ2) is 6.11. The van der Waals surface area contributed by atoms with Crippen molar-refractivity contribution >= 4 is 15.9 Å². The van der Waals surface area contributed by atoms with Crippen LogP contribution in [0.5, 0.6) is 0 Å². The van der Waals surface area contributed by atoms with Crippen LogP contribution in [0.3, 0.4) is 0 Å². The Hall–Kier alpha value is -1.48. The van der Waals surface area contributed by atoms with E-state index >= 15 is 0 Å². The van der Waals surface area contributed by atoms with Gasteiger partial charge in [-0.05, 0) is 17.7 Å². The lowest BCUT2D eigenvalue weighted by atomic mass is 10.0. The van der Waals surface area contributed by atoms with Crippen LogP contribution in [0, 0.1) is 0 Å². The molecule has 7 nitrogen and oxygen atoms in total. The monoisotopic (exact) mass is 288 g/mol. The van der Waals surface area contributed by atoms with Gasteiger partial charge >= 0.3 is 0 Å². The van der Waals surface area contributed by atoms with Crippen molar-refractivity contribution in [2.75, 3.05) is 6.54 Å². The van der Waals surface area contributed by atoms with Gasteiger partial charge in [0.2, 0.25) is 15.9 Å². The summed E-state index contributed by atoms with van der Waals surface area (Å²) in [6.45, 7) is 1.14. The highest BCUT2D eigenvalue weighted by Gasteiger charge is 2.20. The van der Waals surface area contributed by atoms with E-state index in [4.69, 9.17) is 5.14 Å². The van der Waals surface area contributed by atoms with E-state index in [1.165, 1.54) is 31.2 Å². The van der Waals surface area contributed by atoms with E-state index in [2.05, 4.69) is 5.32 Å². The van der Waals surface area contributed by atoms with Crippen molar-refractivity contribution in [3.8, 4) is 0 Å². The molecule has 1 aromatic carbocycles. The molecule has 1 amide bonds. The number of benzene rings is 1. The zero-order valence-electron chi connectivity index (χ0n) is 10.3. The molecule has 106 valence electrons. The van der Waals surface area contributed by atoms with Crippen molar-refractivity contribution < 1.29 is 23.4 Å². The zero-order valence-corrected chi connectivity index (χ0v) is 11.1. The van der Waals surface area contributed by atoms with Gasteiger partial charge in [0, 0.05) is 13.5 Å². The lowest BCUT2D eigenvalue weighted by Crippen LogP contribution is -2.34. The number of nitrogens with two attached hydrogens (primary N) is 1. The van der Waals surface area contributed by atoms with Gasteiger partial charge < -0.3 is 15.5 Å². The first-order chi connectivity index (χ1) is 8.71. The predicted molar refractivity (Wildman–Crippen MR) is 67.5 cm³/mol. The van der Waals surface area contributed by atoms with Crippen LogP contribution in [0.4, 0.5) is 0 Å². The molecular formula is C11H16N2O5S. The fraction of sp³-hybridized carbons (Fsp3) is 0.364. The number of aliphatic hydroxyl groups is 2. The standard InChI is InChI=1S/C11H16N2O5S/c1-7(14)13-6-10(15)11(16)8-3-2-4-9(5-8)19(12,17)18/h2-5,10-11,15-16H,6H2,1H3,(H,13,14)(H2,12,17,18). The summed E-state index contributed by atoms with van der Waals surface area (Å²) in [6.07, 6.45) is -2.58. The molecule has 0 aliphatic rings. The molecule has 0 radical (unpaired) electrons. The van der Waals surface area contributed by atoms with Crippen LogP contribution >= 0.6 is 0 Å². The highest BCUT2D eigenvalue weighted by atomic mass is 32.2. The Morgan fingerprint density at radius 2 is 2.05 bits per heavy atom. The number of rotatable bonds is 5. The van der Waals surface area contributed by atoms with Gasteiger partial charge in [0.15, 0.2) is 0 Å². The maximum Gasteiger partial charge on any atom is 0.238 e. The molecule has 0 heterocycles. The van der Waals surface area contributed by atoms with Crippen LogP contribution in [0.2, 0.25) is 0 Å². The SMILES string of the molecule is CC(=O)NCC(O)C(O)c1cccc(S(N)(=O)=O)c1. The first-order valence-corrected chi connectivity index (χ1v) is 7.00. The highest BCUT2D eigenvalue weighted by molar-refractivity contribution is 7.89. The van der Waals surface area contributed by atoms with Crippen LogP contribution in [0.1, 0.15) is 18.6 Å². The van der Waals surface area contributed by atoms with Gasteiger partial charge in [-0.25, -0.2) is 13.6 Å². The number of hydrogen-bond acceptors (Lipinski definition) is 5. The Kier molecular flexibility index (Phi) is 5.01. The molecular weight excluding hydrogens is 272 g/mol. The molecule has 0 bridgehead atoms. The zero-order chi connectivity index (χ0) is 14.6. The molecule has 2 atom stereocenters. The van der Waals surface area contributed by atoms with Crippen LogP contribution in [0.25, 0.3) is 0 Å². The summed E-state index contributed by atoms with van der Waals surface area (Å²) in [5.74, 6) is -0.343. The van der Waals surface area contributed by atoms with Gasteiger partial charge in [0.25, 0.3) is 0 Å². The lowest BCUT2D eigenvalue weighted by molar-refractivity contribution is -0.119. The summed E-state index contributed by atoms with van der Waals surface area (Å²) in [4.78, 5) is 10.5. The Balaban J connectivity index is 2.88. The Labute approximate surface area is 111 Å². The molecule has 0 fully saturated rings. The van der Waals surface area contributed by atoms with Gasteiger partial charge in [-0.1, -0.05) is 12.1 Å². The van der Waals surface area contributed by atoms with E-state index < -0.39 is 22.2 Å². The maximum absolute atomic E-state index is 11.2. The van der Waals surface area contributed by atoms with Gasteiger partial charge in [-0.3, -0.25) is 4.79 Å². The highest BCUT2D eigenvalue weighted by Crippen LogP contribution is 2.19. The smallest absolute Gasteiger partial charge is 0.238 e. The third-order valence-corrected chi connectivity index (χ3v) is 3.36. The molecule has 0 spiro atoms. The van der Waals surface area contributed by atoms with Gasteiger partial charge in [-0.15, -0.1) is 0 Å². The molecule has 1 rings (SSSR count). The first-order valence-electron chi connectivity index (χ1n) is 5.45. The fourth-order valence-corrected chi connectivity index (χ4v) is 2.03. The molecule has 0 saturated heterocycles. The number of carbonyl (C=O) groups excluding carboxylic acids is 1. The number of primary sulfonamides is 1. The Morgan fingerprint density at radius 3 is 2.58 bits per heavy atom. The van der Waals surface area contributed by atoms with E-state index in [1.807, 2.05) is 0 Å². The van der Waals surface area contributed by atoms with E-state index in [-0.39, 0.29) is 22.9 Å². The summed E-state index contributed by atoms with van der Waals surface area (Å²) < 4.78 is 22.3. The van der Waals surface area contributed by atoms with Crippen LogP contribution in [-0.4, -0.2) is 37.2 Å². The topological polar surface area (TPSA) is 130 Å². The third-order valence-electron chi connectivity index (χ3n) is 2.45. The Morgan fingerprint density at radius 1 is 1.42 bits per heavy atom. The number of hydrogen-bond donors (Lipinski definition) is 4. The first kappa shape index (κ1) is 15.6. The Bertz CT molecular complexity index is 558. The fourth-order valence-electron chi connectivity index (χ4n) is 1.46. The number of sulfonamides is 1. The van der Waals surface area contributed by atoms with E-state index in [9.17, 15) is 23.4 Å². The molecule has 1 aromatic rings. The van der Waals surface area contributed by atoms with E-state index in [0.29, 0.717) is 0 Å². The molecule has 0 aromatic heterocycles. The van der Waals surface area contributed by atoms with Gasteiger partial charge in [0.05, 0.1) is 4.90 Å². The summed E-state index contributed by atoms with van der Waals surface area (Å²) in [5.41, 5.74) is 0.198. The summed E-state index contributed by atoms with van der Waals surface area (Å²) >= 11 is 0. The normalized spacial score (nSPS) is 14.7. The van der Waals surface area contributed by atoms with Crippen LogP contribution < -0.4 is 10.5 Å². The minimum absolute atomic E-state index is 0.143. The van der Waals surface area contributed by atoms with Crippen molar-refractivity contribution in [3.05, 3.63) is 29.8 Å². The molecule has 5 N–H and O–H groups in total. The molecule has 0 saturated carbocycles. The minimum Gasteiger partial charge on any atom is -0.388 e. The lowest BCUT2D eigenvalue weighted by Gasteiger charge is -2.18. The average Bonchev–Trinajstić information content (AvgIpc) is 2.34. The van der Waals surface area contributed by atoms with E-state index in [0.717, 1.165) is 0 Å². The molecule has 0 aliphatic carbocycles. The van der Waals surface area contributed by atoms with Crippen molar-refractivity contribution in [2.24, 2.45) is 5.14 Å². The van der Waals surface area contributed by atoms with E-state index in [1.54, 1.807) is 0 Å². The quantitative estimate of drug-likeness (QED) is 0.544. The van der Waals surface area contributed by atoms with Crippen LogP contribution in [0.15, 0.2) is 29.2 Å².